The molecule has 0 fully saturated rings. The largest absolute Gasteiger partial charge is 0.467 e. The molecule has 1 amide bonds. The van der Waals surface area contributed by atoms with Gasteiger partial charge in [0, 0.05) is 16.5 Å². The van der Waals surface area contributed by atoms with E-state index in [0.29, 0.717) is 35.2 Å². The highest BCUT2D eigenvalue weighted by molar-refractivity contribution is 6.36. The molecule has 0 radical (unpaired) electrons. The first kappa shape index (κ1) is 20.5. The lowest BCUT2D eigenvalue weighted by atomic mass is 10.1. The number of benzene rings is 2. The molecule has 1 atom stereocenters. The van der Waals surface area contributed by atoms with E-state index in [-0.39, 0.29) is 5.91 Å². The van der Waals surface area contributed by atoms with Gasteiger partial charge in [0.25, 0.3) is 0 Å². The molecule has 0 saturated carbocycles. The first-order chi connectivity index (χ1) is 14.6. The lowest BCUT2D eigenvalue weighted by Crippen LogP contribution is -2.32. The number of hydrogen-bond donors (Lipinski definition) is 1. The van der Waals surface area contributed by atoms with Gasteiger partial charge in [0.15, 0.2) is 0 Å². The molecule has 30 heavy (non-hydrogen) atoms. The molecule has 1 N–H and O–H groups in total. The molecule has 0 aliphatic carbocycles. The van der Waals surface area contributed by atoms with Crippen LogP contribution in [0.4, 0.5) is 0 Å². The highest BCUT2D eigenvalue weighted by atomic mass is 35.5. The topological polar surface area (TPSA) is 60.1 Å². The van der Waals surface area contributed by atoms with Crippen molar-refractivity contribution in [2.45, 2.75) is 32.4 Å². The zero-order valence-electron chi connectivity index (χ0n) is 16.4. The number of rotatable bonds is 7. The van der Waals surface area contributed by atoms with Crippen LogP contribution in [0, 0.1) is 0 Å². The van der Waals surface area contributed by atoms with Crippen LogP contribution in [0.25, 0.3) is 11.0 Å². The van der Waals surface area contributed by atoms with Crippen molar-refractivity contribution < 1.29 is 9.21 Å². The Labute approximate surface area is 184 Å². The summed E-state index contributed by atoms with van der Waals surface area (Å²) in [5.74, 6) is 1.35. The summed E-state index contributed by atoms with van der Waals surface area (Å²) in [5.41, 5.74) is 2.52. The first-order valence-corrected chi connectivity index (χ1v) is 10.5. The molecule has 7 heteroatoms. The number of para-hydroxylation sites is 2. The first-order valence-electron chi connectivity index (χ1n) is 9.77. The molecule has 2 aromatic heterocycles. The molecule has 2 aromatic carbocycles. The number of hydrogen-bond acceptors (Lipinski definition) is 3. The highest BCUT2D eigenvalue weighted by Gasteiger charge is 2.25. The Balaban J connectivity index is 1.72. The number of halogens is 2. The van der Waals surface area contributed by atoms with Crippen molar-refractivity contribution in [2.24, 2.45) is 0 Å². The van der Waals surface area contributed by atoms with Crippen LogP contribution in [-0.4, -0.2) is 15.5 Å². The average Bonchev–Trinajstić information content (AvgIpc) is 3.38. The van der Waals surface area contributed by atoms with E-state index in [2.05, 4.69) is 5.32 Å². The molecule has 0 spiro atoms. The van der Waals surface area contributed by atoms with Gasteiger partial charge in [-0.05, 0) is 48.4 Å². The number of furan rings is 1. The third-order valence-electron chi connectivity index (χ3n) is 5.08. The second-order valence-electron chi connectivity index (χ2n) is 6.98. The second-order valence-corrected chi connectivity index (χ2v) is 7.80. The van der Waals surface area contributed by atoms with Crippen molar-refractivity contribution in [1.29, 1.82) is 0 Å². The smallest absolute Gasteiger partial charge is 0.243 e. The van der Waals surface area contributed by atoms with E-state index in [0.717, 1.165) is 22.4 Å². The Morgan fingerprint density at radius 1 is 1.10 bits per heavy atom. The fourth-order valence-corrected chi connectivity index (χ4v) is 4.15. The molecule has 5 nitrogen and oxygen atoms in total. The van der Waals surface area contributed by atoms with E-state index in [9.17, 15) is 4.79 Å². The maximum absolute atomic E-state index is 13.1. The molecular formula is C23H21Cl2N3O2. The summed E-state index contributed by atoms with van der Waals surface area (Å²) in [4.78, 5) is 17.9. The van der Waals surface area contributed by atoms with Crippen LogP contribution in [0.1, 0.15) is 36.5 Å². The Kier molecular flexibility index (Phi) is 6.11. The summed E-state index contributed by atoms with van der Waals surface area (Å²) in [6, 6.07) is 16.4. The summed E-state index contributed by atoms with van der Waals surface area (Å²) < 4.78 is 7.32. The van der Waals surface area contributed by atoms with Crippen molar-refractivity contribution >= 4 is 40.1 Å². The normalized spacial score (nSPS) is 12.2. The molecule has 0 aliphatic rings. The summed E-state index contributed by atoms with van der Waals surface area (Å²) in [6.07, 6.45) is 2.62. The predicted octanol–water partition coefficient (Wildman–Crippen LogP) is 5.79. The molecular weight excluding hydrogens is 421 g/mol. The average molecular weight is 442 g/mol. The fourth-order valence-electron chi connectivity index (χ4n) is 3.62. The molecule has 0 unspecified atom stereocenters. The SMILES string of the molecule is CC[C@H](C(=O)NCc1ccco1)n1c(Cc2c(Cl)cccc2Cl)nc2ccccc21. The Morgan fingerprint density at radius 3 is 2.57 bits per heavy atom. The van der Waals surface area contributed by atoms with Gasteiger partial charge in [-0.1, -0.05) is 48.3 Å². The van der Waals surface area contributed by atoms with Crippen molar-refractivity contribution in [1.82, 2.24) is 14.9 Å². The number of amides is 1. The molecule has 0 aliphatic heterocycles. The van der Waals surface area contributed by atoms with E-state index in [1.165, 1.54) is 0 Å². The monoisotopic (exact) mass is 441 g/mol. The summed E-state index contributed by atoms with van der Waals surface area (Å²) >= 11 is 12.8. The van der Waals surface area contributed by atoms with Gasteiger partial charge < -0.3 is 14.3 Å². The number of imidazole rings is 1. The summed E-state index contributed by atoms with van der Waals surface area (Å²) in [7, 11) is 0. The fraction of sp³-hybridized carbons (Fsp3) is 0.217. The van der Waals surface area contributed by atoms with Crippen molar-refractivity contribution in [3.05, 3.63) is 88.1 Å². The van der Waals surface area contributed by atoms with Gasteiger partial charge in [-0.25, -0.2) is 4.98 Å². The Morgan fingerprint density at radius 2 is 1.87 bits per heavy atom. The number of fused-ring (bicyclic) bond motifs is 1. The van der Waals surface area contributed by atoms with Crippen molar-refractivity contribution in [3.8, 4) is 0 Å². The van der Waals surface area contributed by atoms with E-state index in [1.54, 1.807) is 12.3 Å². The Bertz CT molecular complexity index is 1150. The molecule has 2 heterocycles. The van der Waals surface area contributed by atoms with Crippen LogP contribution < -0.4 is 5.32 Å². The molecule has 4 rings (SSSR count). The lowest BCUT2D eigenvalue weighted by Gasteiger charge is -2.20. The number of carbonyl (C=O) groups excluding carboxylic acids is 1. The van der Waals surface area contributed by atoms with Gasteiger partial charge in [0.05, 0.1) is 23.8 Å². The van der Waals surface area contributed by atoms with E-state index < -0.39 is 6.04 Å². The van der Waals surface area contributed by atoms with Gasteiger partial charge >= 0.3 is 0 Å². The number of carbonyl (C=O) groups is 1. The van der Waals surface area contributed by atoms with Crippen LogP contribution in [-0.2, 0) is 17.8 Å². The quantitative estimate of drug-likeness (QED) is 0.394. The van der Waals surface area contributed by atoms with Crippen LogP contribution >= 0.6 is 23.2 Å². The van der Waals surface area contributed by atoms with Gasteiger partial charge in [0.2, 0.25) is 5.91 Å². The summed E-state index contributed by atoms with van der Waals surface area (Å²) in [6.45, 7) is 2.32. The number of nitrogens with zero attached hydrogens (tertiary/aromatic N) is 2. The van der Waals surface area contributed by atoms with Crippen LogP contribution in [0.5, 0.6) is 0 Å². The number of nitrogens with one attached hydrogen (secondary N) is 1. The van der Waals surface area contributed by atoms with Gasteiger partial charge in [0.1, 0.15) is 17.6 Å². The van der Waals surface area contributed by atoms with Gasteiger partial charge in [-0.3, -0.25) is 4.79 Å². The van der Waals surface area contributed by atoms with Crippen LogP contribution in [0.3, 0.4) is 0 Å². The third kappa shape index (κ3) is 4.09. The minimum Gasteiger partial charge on any atom is -0.467 e. The van der Waals surface area contributed by atoms with Gasteiger partial charge in [-0.15, -0.1) is 0 Å². The molecule has 0 saturated heterocycles. The van der Waals surface area contributed by atoms with Gasteiger partial charge in [-0.2, -0.15) is 0 Å². The minimum absolute atomic E-state index is 0.0939. The lowest BCUT2D eigenvalue weighted by molar-refractivity contribution is -0.124. The zero-order valence-corrected chi connectivity index (χ0v) is 18.0. The van der Waals surface area contributed by atoms with Crippen molar-refractivity contribution in [3.63, 3.8) is 0 Å². The zero-order chi connectivity index (χ0) is 21.1. The molecule has 4 aromatic rings. The highest BCUT2D eigenvalue weighted by Crippen LogP contribution is 2.30. The van der Waals surface area contributed by atoms with Crippen molar-refractivity contribution in [2.75, 3.05) is 0 Å². The second kappa shape index (κ2) is 8.94. The van der Waals surface area contributed by atoms with E-state index >= 15 is 0 Å². The van der Waals surface area contributed by atoms with E-state index in [4.69, 9.17) is 32.6 Å². The maximum atomic E-state index is 13.1. The van der Waals surface area contributed by atoms with Crippen LogP contribution in [0.15, 0.2) is 65.3 Å². The molecule has 154 valence electrons. The third-order valence-corrected chi connectivity index (χ3v) is 5.79. The predicted molar refractivity (Wildman–Crippen MR) is 119 cm³/mol. The van der Waals surface area contributed by atoms with Crippen LogP contribution in [0.2, 0.25) is 10.0 Å². The maximum Gasteiger partial charge on any atom is 0.243 e. The molecule has 0 bridgehead atoms. The standard InChI is InChI=1S/C23H21Cl2N3O2/c1-2-20(23(29)26-14-15-7-6-12-30-15)28-21-11-4-3-10-19(21)27-22(28)13-16-17(24)8-5-9-18(16)25/h3-12,20H,2,13-14H2,1H3,(H,26,29)/t20-/m1/s1. The van der Waals surface area contributed by atoms with E-state index in [1.807, 2.05) is 60.0 Å². The summed E-state index contributed by atoms with van der Waals surface area (Å²) in [5, 5.41) is 4.13. The number of aromatic nitrogens is 2. The Hall–Kier alpha value is -2.76. The minimum atomic E-state index is -0.427.